The van der Waals surface area contributed by atoms with Crippen LogP contribution in [0.25, 0.3) is 0 Å². The maximum atomic E-state index is 5.95. The summed E-state index contributed by atoms with van der Waals surface area (Å²) in [4.78, 5) is 5.11. The van der Waals surface area contributed by atoms with Crippen molar-refractivity contribution in [2.75, 3.05) is 0 Å². The molecular weight excluding hydrogens is 210 g/mol. The normalized spacial score (nSPS) is 12.0. The van der Waals surface area contributed by atoms with E-state index in [1.807, 2.05) is 45.0 Å². The fraction of sp³-hybridized carbons (Fsp3) is 0.417. The second kappa shape index (κ2) is 5.17. The average molecular weight is 225 g/mol. The number of benzene rings is 1. The topological polar surface area (TPSA) is 21.6 Å². The maximum absolute atomic E-state index is 5.95. The third-order valence-corrected chi connectivity index (χ3v) is 1.99. The molecule has 0 spiro atoms. The van der Waals surface area contributed by atoms with E-state index in [1.54, 1.807) is 0 Å². The zero-order valence-corrected chi connectivity index (χ0v) is 10.0. The van der Waals surface area contributed by atoms with Crippen molar-refractivity contribution in [3.05, 3.63) is 34.9 Å². The van der Waals surface area contributed by atoms with Crippen LogP contribution in [0.3, 0.4) is 0 Å². The summed E-state index contributed by atoms with van der Waals surface area (Å²) in [6, 6.07) is 7.55. The first kappa shape index (κ1) is 12.1. The van der Waals surface area contributed by atoms with E-state index in [-0.39, 0.29) is 5.41 Å². The molecule has 0 saturated heterocycles. The predicted molar refractivity (Wildman–Crippen MR) is 63.1 cm³/mol. The minimum atomic E-state index is -0.0829. The summed E-state index contributed by atoms with van der Waals surface area (Å²) in [5.41, 5.74) is 0.846. The molecule has 0 aliphatic rings. The number of rotatable bonds is 3. The van der Waals surface area contributed by atoms with E-state index in [2.05, 4.69) is 11.4 Å². The lowest BCUT2D eigenvalue weighted by Crippen LogP contribution is -2.06. The van der Waals surface area contributed by atoms with Gasteiger partial charge in [-0.25, -0.2) is 0 Å². The highest BCUT2D eigenvalue weighted by molar-refractivity contribution is 6.31. The molecule has 0 aromatic heterocycles. The molecule has 0 amide bonds. The van der Waals surface area contributed by atoms with Crippen LogP contribution in [0.4, 0.5) is 0 Å². The highest BCUT2D eigenvalue weighted by Gasteiger charge is 2.06. The highest BCUT2D eigenvalue weighted by Crippen LogP contribution is 2.16. The Morgan fingerprint density at radius 1 is 1.33 bits per heavy atom. The molecule has 1 aromatic rings. The Balaban J connectivity index is 2.45. The minimum Gasteiger partial charge on any atom is -0.391 e. The van der Waals surface area contributed by atoms with Crippen LogP contribution in [0.5, 0.6) is 0 Å². The summed E-state index contributed by atoms with van der Waals surface area (Å²) in [6.45, 7) is 6.41. The van der Waals surface area contributed by atoms with Crippen LogP contribution in [0.1, 0.15) is 26.3 Å². The standard InChI is InChI=1S/C12H15ClNO/c1-12(2,3)9-14-15-8-10-6-4-5-7-11(10)13/h4-7H,8H2,1-3H3. The van der Waals surface area contributed by atoms with Crippen LogP contribution in [0.15, 0.2) is 29.4 Å². The van der Waals surface area contributed by atoms with Crippen molar-refractivity contribution in [3.63, 3.8) is 0 Å². The summed E-state index contributed by atoms with van der Waals surface area (Å²) < 4.78 is 0. The van der Waals surface area contributed by atoms with Gasteiger partial charge in [0.25, 0.3) is 0 Å². The molecule has 0 aliphatic carbocycles. The SMILES string of the molecule is CC(C)(C)/[C]=N\OCc1ccccc1Cl. The van der Waals surface area contributed by atoms with E-state index in [0.717, 1.165) is 5.56 Å². The summed E-state index contributed by atoms with van der Waals surface area (Å²) >= 11 is 5.95. The summed E-state index contributed by atoms with van der Waals surface area (Å²) in [5, 5.41) is 4.47. The van der Waals surface area contributed by atoms with Gasteiger partial charge in [0, 0.05) is 16.0 Å². The van der Waals surface area contributed by atoms with E-state index >= 15 is 0 Å². The summed E-state index contributed by atoms with van der Waals surface area (Å²) in [5.74, 6) is 0. The molecule has 0 aliphatic heterocycles. The maximum Gasteiger partial charge on any atom is 0.143 e. The average Bonchev–Trinajstić information content (AvgIpc) is 2.13. The van der Waals surface area contributed by atoms with Gasteiger partial charge in [-0.1, -0.05) is 55.7 Å². The molecule has 0 bridgehead atoms. The molecule has 1 radical (unpaired) electrons. The van der Waals surface area contributed by atoms with Gasteiger partial charge in [0.1, 0.15) is 12.8 Å². The van der Waals surface area contributed by atoms with Gasteiger partial charge in [-0.3, -0.25) is 0 Å². The van der Waals surface area contributed by atoms with Crippen LogP contribution in [0, 0.1) is 5.41 Å². The summed E-state index contributed by atoms with van der Waals surface area (Å²) in [6.07, 6.45) is 2.87. The second-order valence-corrected chi connectivity index (χ2v) is 4.73. The molecule has 0 heterocycles. The van der Waals surface area contributed by atoms with Gasteiger partial charge in [0.2, 0.25) is 0 Å². The van der Waals surface area contributed by atoms with E-state index < -0.39 is 0 Å². The zero-order valence-electron chi connectivity index (χ0n) is 9.25. The Bertz CT molecular complexity index is 342. The summed E-state index contributed by atoms with van der Waals surface area (Å²) in [7, 11) is 0. The molecule has 81 valence electrons. The van der Waals surface area contributed by atoms with E-state index in [0.29, 0.717) is 11.6 Å². The molecule has 0 fully saturated rings. The van der Waals surface area contributed by atoms with Crippen LogP contribution >= 0.6 is 11.6 Å². The van der Waals surface area contributed by atoms with Crippen molar-refractivity contribution in [1.82, 2.24) is 0 Å². The lowest BCUT2D eigenvalue weighted by Gasteiger charge is -2.08. The molecule has 1 aromatic carbocycles. The van der Waals surface area contributed by atoms with Gasteiger partial charge < -0.3 is 4.84 Å². The van der Waals surface area contributed by atoms with E-state index in [1.165, 1.54) is 0 Å². The van der Waals surface area contributed by atoms with Crippen molar-refractivity contribution < 1.29 is 4.84 Å². The Kier molecular flexibility index (Phi) is 4.15. The number of nitrogens with zero attached hydrogens (tertiary/aromatic N) is 1. The van der Waals surface area contributed by atoms with Crippen LogP contribution in [-0.4, -0.2) is 6.21 Å². The Morgan fingerprint density at radius 2 is 2.00 bits per heavy atom. The van der Waals surface area contributed by atoms with Crippen LogP contribution < -0.4 is 0 Å². The van der Waals surface area contributed by atoms with Gasteiger partial charge in [0.15, 0.2) is 0 Å². The minimum absolute atomic E-state index is 0.0829. The largest absolute Gasteiger partial charge is 0.391 e. The first-order chi connectivity index (χ1) is 6.99. The lowest BCUT2D eigenvalue weighted by molar-refractivity contribution is 0.130. The molecule has 0 atom stereocenters. The number of halogens is 1. The fourth-order valence-corrected chi connectivity index (χ4v) is 1.08. The third kappa shape index (κ3) is 4.84. The fourth-order valence-electron chi connectivity index (χ4n) is 0.886. The first-order valence-electron chi connectivity index (χ1n) is 4.81. The van der Waals surface area contributed by atoms with Crippen molar-refractivity contribution in [3.8, 4) is 0 Å². The number of hydrogen-bond acceptors (Lipinski definition) is 2. The van der Waals surface area contributed by atoms with Gasteiger partial charge in [-0.05, 0) is 6.07 Å². The second-order valence-electron chi connectivity index (χ2n) is 4.32. The molecule has 0 saturated carbocycles. The third-order valence-electron chi connectivity index (χ3n) is 1.62. The Morgan fingerprint density at radius 3 is 2.60 bits per heavy atom. The Hall–Kier alpha value is -1.02. The van der Waals surface area contributed by atoms with Crippen molar-refractivity contribution in [1.29, 1.82) is 0 Å². The monoisotopic (exact) mass is 224 g/mol. The molecular formula is C12H15ClNO. The predicted octanol–water partition coefficient (Wildman–Crippen LogP) is 3.77. The molecule has 15 heavy (non-hydrogen) atoms. The highest BCUT2D eigenvalue weighted by atomic mass is 35.5. The molecule has 2 nitrogen and oxygen atoms in total. The van der Waals surface area contributed by atoms with Gasteiger partial charge in [-0.2, -0.15) is 0 Å². The van der Waals surface area contributed by atoms with Gasteiger partial charge >= 0.3 is 0 Å². The van der Waals surface area contributed by atoms with Crippen LogP contribution in [0.2, 0.25) is 5.02 Å². The zero-order chi connectivity index (χ0) is 11.3. The Labute approximate surface area is 95.9 Å². The van der Waals surface area contributed by atoms with Crippen molar-refractivity contribution >= 4 is 17.8 Å². The van der Waals surface area contributed by atoms with Crippen LogP contribution in [-0.2, 0) is 11.4 Å². The smallest absolute Gasteiger partial charge is 0.143 e. The molecule has 0 unspecified atom stereocenters. The van der Waals surface area contributed by atoms with E-state index in [4.69, 9.17) is 16.4 Å². The van der Waals surface area contributed by atoms with E-state index in [9.17, 15) is 0 Å². The lowest BCUT2D eigenvalue weighted by atomic mass is 10.00. The first-order valence-corrected chi connectivity index (χ1v) is 5.19. The van der Waals surface area contributed by atoms with Crippen molar-refractivity contribution in [2.45, 2.75) is 27.4 Å². The quantitative estimate of drug-likeness (QED) is 0.566. The molecule has 1 rings (SSSR count). The number of hydrogen-bond donors (Lipinski definition) is 0. The molecule has 0 N–H and O–H groups in total. The van der Waals surface area contributed by atoms with Crippen molar-refractivity contribution in [2.24, 2.45) is 10.6 Å². The van der Waals surface area contributed by atoms with Gasteiger partial charge in [0.05, 0.1) is 0 Å². The molecule has 3 heteroatoms. The van der Waals surface area contributed by atoms with Gasteiger partial charge in [-0.15, -0.1) is 0 Å².